The predicted molar refractivity (Wildman–Crippen MR) is 68.8 cm³/mol. The van der Waals surface area contributed by atoms with Gasteiger partial charge in [0.2, 0.25) is 0 Å². The Hall–Kier alpha value is -0.860. The Kier molecular flexibility index (Phi) is 4.57. The van der Waals surface area contributed by atoms with Crippen LogP contribution < -0.4 is 0 Å². The van der Waals surface area contributed by atoms with Crippen molar-refractivity contribution in [3.8, 4) is 11.8 Å². The van der Waals surface area contributed by atoms with Crippen LogP contribution in [0.15, 0.2) is 11.4 Å². The van der Waals surface area contributed by atoms with E-state index in [2.05, 4.69) is 16.7 Å². The van der Waals surface area contributed by atoms with E-state index >= 15 is 0 Å². The maximum atomic E-state index is 9.48. The van der Waals surface area contributed by atoms with Crippen molar-refractivity contribution in [2.24, 2.45) is 0 Å². The van der Waals surface area contributed by atoms with Gasteiger partial charge >= 0.3 is 0 Å². The number of β-amino-alcohol motifs (C(OH)–C–C–N with tert-alkyl or cyclic N) is 1. The Morgan fingerprint density at radius 3 is 3.12 bits per heavy atom. The summed E-state index contributed by atoms with van der Waals surface area (Å²) in [7, 11) is 0. The van der Waals surface area contributed by atoms with Gasteiger partial charge in [-0.05, 0) is 17.9 Å². The molecule has 0 spiro atoms. The van der Waals surface area contributed by atoms with Crippen LogP contribution in [0.4, 0.5) is 0 Å². The van der Waals surface area contributed by atoms with E-state index in [0.29, 0.717) is 6.42 Å². The van der Waals surface area contributed by atoms with E-state index in [-0.39, 0.29) is 12.7 Å². The number of hydrogen-bond acceptors (Lipinski definition) is 4. The summed E-state index contributed by atoms with van der Waals surface area (Å²) in [5, 5.41) is 20.2. The molecule has 1 atom stereocenters. The zero-order valence-corrected chi connectivity index (χ0v) is 10.5. The molecule has 4 heteroatoms. The van der Waals surface area contributed by atoms with Crippen LogP contribution in [0.2, 0.25) is 0 Å². The number of thiophene rings is 1. The highest BCUT2D eigenvalue weighted by Gasteiger charge is 2.20. The van der Waals surface area contributed by atoms with Crippen molar-refractivity contribution in [1.82, 2.24) is 4.90 Å². The van der Waals surface area contributed by atoms with E-state index in [1.54, 1.807) is 11.3 Å². The van der Waals surface area contributed by atoms with Crippen LogP contribution in [0.3, 0.4) is 0 Å². The van der Waals surface area contributed by atoms with Gasteiger partial charge in [-0.15, -0.1) is 11.3 Å². The van der Waals surface area contributed by atoms with Gasteiger partial charge in [0.25, 0.3) is 0 Å². The molecule has 1 aromatic rings. The predicted octanol–water partition coefficient (Wildman–Crippen LogP) is 1.05. The molecule has 3 nitrogen and oxygen atoms in total. The van der Waals surface area contributed by atoms with Crippen LogP contribution >= 0.6 is 11.3 Å². The summed E-state index contributed by atoms with van der Waals surface area (Å²) in [5.41, 5.74) is 1.06. The Morgan fingerprint density at radius 2 is 2.41 bits per heavy atom. The highest BCUT2D eigenvalue weighted by atomic mass is 32.1. The minimum Gasteiger partial charge on any atom is -0.395 e. The van der Waals surface area contributed by atoms with Crippen LogP contribution in [0.5, 0.6) is 0 Å². The quantitative estimate of drug-likeness (QED) is 0.789. The molecule has 17 heavy (non-hydrogen) atoms. The third kappa shape index (κ3) is 3.55. The van der Waals surface area contributed by atoms with Gasteiger partial charge in [0, 0.05) is 36.5 Å². The largest absolute Gasteiger partial charge is 0.395 e. The monoisotopic (exact) mass is 251 g/mol. The number of aliphatic hydroxyl groups is 2. The summed E-state index contributed by atoms with van der Waals surface area (Å²) in [6.45, 7) is 2.71. The fourth-order valence-electron chi connectivity index (χ4n) is 1.95. The maximum Gasteiger partial charge on any atom is 0.0679 e. The van der Waals surface area contributed by atoms with Crippen molar-refractivity contribution < 1.29 is 10.2 Å². The number of rotatable bonds is 3. The molecule has 2 heterocycles. The summed E-state index contributed by atoms with van der Waals surface area (Å²) in [5.74, 6) is 6.04. The first-order chi connectivity index (χ1) is 8.29. The lowest BCUT2D eigenvalue weighted by atomic mass is 10.2. The van der Waals surface area contributed by atoms with Crippen molar-refractivity contribution >= 4 is 11.3 Å². The molecule has 0 radical (unpaired) electrons. The number of likely N-dealkylation sites (tertiary alicyclic amines) is 1. The highest BCUT2D eigenvalue weighted by molar-refractivity contribution is 7.10. The molecular formula is C13H17NO2S. The lowest BCUT2D eigenvalue weighted by Gasteiger charge is -2.13. The topological polar surface area (TPSA) is 43.7 Å². The average Bonchev–Trinajstić information content (AvgIpc) is 2.90. The third-order valence-electron chi connectivity index (χ3n) is 2.82. The fraction of sp³-hybridized carbons (Fsp3) is 0.538. The van der Waals surface area contributed by atoms with E-state index in [1.165, 1.54) is 4.88 Å². The second-order valence-corrected chi connectivity index (χ2v) is 5.21. The van der Waals surface area contributed by atoms with E-state index in [4.69, 9.17) is 5.11 Å². The Bertz CT molecular complexity index is 419. The molecule has 1 aliphatic rings. The van der Waals surface area contributed by atoms with Crippen LogP contribution in [0.25, 0.3) is 0 Å². The van der Waals surface area contributed by atoms with Gasteiger partial charge in [-0.25, -0.2) is 0 Å². The van der Waals surface area contributed by atoms with Crippen molar-refractivity contribution in [1.29, 1.82) is 0 Å². The van der Waals surface area contributed by atoms with E-state index in [1.807, 2.05) is 11.4 Å². The minimum absolute atomic E-state index is 0.116. The van der Waals surface area contributed by atoms with Gasteiger partial charge < -0.3 is 10.2 Å². The Morgan fingerprint density at radius 1 is 1.53 bits per heavy atom. The molecule has 0 bridgehead atoms. The molecule has 92 valence electrons. The van der Waals surface area contributed by atoms with E-state index < -0.39 is 0 Å². The Labute approximate surface area is 106 Å². The van der Waals surface area contributed by atoms with Crippen LogP contribution in [0.1, 0.15) is 23.3 Å². The molecule has 2 rings (SSSR count). The first-order valence-corrected chi connectivity index (χ1v) is 6.74. The van der Waals surface area contributed by atoms with Crippen molar-refractivity contribution in [3.63, 3.8) is 0 Å². The summed E-state index contributed by atoms with van der Waals surface area (Å²) in [6.07, 6.45) is 1.23. The second-order valence-electron chi connectivity index (χ2n) is 4.21. The van der Waals surface area contributed by atoms with E-state index in [0.717, 1.165) is 31.6 Å². The lowest BCUT2D eigenvalue weighted by molar-refractivity contribution is 0.175. The first-order valence-electron chi connectivity index (χ1n) is 5.86. The fourth-order valence-corrected chi connectivity index (χ4v) is 2.82. The molecule has 1 saturated heterocycles. The van der Waals surface area contributed by atoms with Gasteiger partial charge in [0.15, 0.2) is 0 Å². The van der Waals surface area contributed by atoms with Gasteiger partial charge in [-0.1, -0.05) is 11.8 Å². The van der Waals surface area contributed by atoms with Crippen molar-refractivity contribution in [3.05, 3.63) is 21.9 Å². The van der Waals surface area contributed by atoms with Gasteiger partial charge in [-0.3, -0.25) is 4.90 Å². The first kappa shape index (κ1) is 12.6. The summed E-state index contributed by atoms with van der Waals surface area (Å²) < 4.78 is 0. The molecule has 1 aliphatic heterocycles. The molecule has 0 saturated carbocycles. The normalized spacial score (nSPS) is 20.2. The van der Waals surface area contributed by atoms with E-state index in [9.17, 15) is 5.11 Å². The third-order valence-corrected chi connectivity index (χ3v) is 3.73. The standard InChI is InChI=1S/C13H17NO2S/c15-7-2-1-3-11-5-8-17-13(11)10-14-6-4-12(16)9-14/h5,8,12,15-16H,2,4,6-7,9-10H2. The molecule has 0 aliphatic carbocycles. The zero-order valence-electron chi connectivity index (χ0n) is 9.72. The molecular weight excluding hydrogens is 234 g/mol. The van der Waals surface area contributed by atoms with Crippen LogP contribution in [-0.4, -0.2) is 40.9 Å². The Balaban J connectivity index is 1.97. The number of nitrogens with zero attached hydrogens (tertiary/aromatic N) is 1. The molecule has 1 unspecified atom stereocenters. The minimum atomic E-state index is -0.168. The van der Waals surface area contributed by atoms with Crippen molar-refractivity contribution in [2.45, 2.75) is 25.5 Å². The number of aliphatic hydroxyl groups excluding tert-OH is 2. The number of hydrogen-bond donors (Lipinski definition) is 2. The molecule has 1 aromatic heterocycles. The zero-order chi connectivity index (χ0) is 12.1. The molecule has 0 aromatic carbocycles. The maximum absolute atomic E-state index is 9.48. The van der Waals surface area contributed by atoms with Crippen molar-refractivity contribution in [2.75, 3.05) is 19.7 Å². The molecule has 0 amide bonds. The van der Waals surface area contributed by atoms with Gasteiger partial charge in [0.1, 0.15) is 0 Å². The smallest absolute Gasteiger partial charge is 0.0679 e. The van der Waals surface area contributed by atoms with Gasteiger partial charge in [0.05, 0.1) is 12.7 Å². The summed E-state index contributed by atoms with van der Waals surface area (Å²) in [6, 6.07) is 2.02. The highest BCUT2D eigenvalue weighted by Crippen LogP contribution is 2.20. The average molecular weight is 251 g/mol. The van der Waals surface area contributed by atoms with Crippen LogP contribution in [0, 0.1) is 11.8 Å². The van der Waals surface area contributed by atoms with Gasteiger partial charge in [-0.2, -0.15) is 0 Å². The molecule has 2 N–H and O–H groups in total. The molecule has 1 fully saturated rings. The summed E-state index contributed by atoms with van der Waals surface area (Å²) >= 11 is 1.71. The van der Waals surface area contributed by atoms with Crippen LogP contribution in [-0.2, 0) is 6.54 Å². The second kappa shape index (κ2) is 6.18. The summed E-state index contributed by atoms with van der Waals surface area (Å²) in [4.78, 5) is 3.51. The SMILES string of the molecule is OCCC#Cc1ccsc1CN1CCC(O)C1. The lowest BCUT2D eigenvalue weighted by Crippen LogP contribution is -2.21.